The summed E-state index contributed by atoms with van der Waals surface area (Å²) in [6.07, 6.45) is 3.28. The molecule has 0 aliphatic carbocycles. The molecule has 1 saturated heterocycles. The number of nitrogens with zero attached hydrogens (tertiary/aromatic N) is 4. The monoisotopic (exact) mass is 352 g/mol. The molecule has 5 nitrogen and oxygen atoms in total. The van der Waals surface area contributed by atoms with E-state index < -0.39 is 0 Å². The van der Waals surface area contributed by atoms with Gasteiger partial charge < -0.3 is 0 Å². The van der Waals surface area contributed by atoms with Crippen LogP contribution in [0.2, 0.25) is 0 Å². The molecule has 1 aliphatic rings. The highest BCUT2D eigenvalue weighted by atomic mass is 16.1. The maximum atomic E-state index is 12.9. The van der Waals surface area contributed by atoms with Gasteiger partial charge in [-0.05, 0) is 30.7 Å². The van der Waals surface area contributed by atoms with E-state index in [9.17, 15) is 4.79 Å². The molecule has 1 unspecified atom stereocenters. The van der Waals surface area contributed by atoms with Crippen LogP contribution in [0.25, 0.3) is 15.7 Å². The van der Waals surface area contributed by atoms with E-state index in [1.165, 1.54) is 6.42 Å². The Hall–Kier alpha value is -2.19. The molecule has 2 aromatic rings. The maximum Gasteiger partial charge on any atom is 0.261 e. The zero-order chi connectivity index (χ0) is 18.8. The average molecular weight is 352 g/mol. The van der Waals surface area contributed by atoms with Crippen LogP contribution in [0.4, 0.5) is 5.69 Å². The van der Waals surface area contributed by atoms with Gasteiger partial charge in [0.25, 0.3) is 5.56 Å². The third kappa shape index (κ3) is 3.52. The number of rotatable bonds is 4. The fraction of sp³-hybridized carbons (Fsp3) is 0.571. The van der Waals surface area contributed by atoms with Crippen LogP contribution < -0.4 is 5.56 Å². The standard InChI is InChI=1S/C21H28N4O/c1-6-7-19(25-12-14(2)10-15(3)13-25)20-23-18-11-16(22-4)8-9-17(18)21(26)24(20)5/h8-9,11,14-15,19H,6-7,10,12-13H2,1-3,5H3/t14-,15+,19?. The van der Waals surface area contributed by atoms with Gasteiger partial charge in [-0.15, -0.1) is 0 Å². The van der Waals surface area contributed by atoms with E-state index in [2.05, 4.69) is 30.5 Å². The number of piperidine rings is 1. The van der Waals surface area contributed by atoms with Crippen LogP contribution >= 0.6 is 0 Å². The summed E-state index contributed by atoms with van der Waals surface area (Å²) >= 11 is 0. The van der Waals surface area contributed by atoms with Crippen LogP contribution in [0.1, 0.15) is 51.9 Å². The number of likely N-dealkylation sites (tertiary alicyclic amines) is 1. The van der Waals surface area contributed by atoms with Crippen LogP contribution in [0.5, 0.6) is 0 Å². The van der Waals surface area contributed by atoms with Gasteiger partial charge in [-0.3, -0.25) is 14.3 Å². The minimum absolute atomic E-state index is 0.0271. The Morgan fingerprint density at radius 1 is 1.31 bits per heavy atom. The lowest BCUT2D eigenvalue weighted by Gasteiger charge is -2.40. The molecule has 0 amide bonds. The molecule has 0 bridgehead atoms. The highest BCUT2D eigenvalue weighted by Crippen LogP contribution is 2.31. The van der Waals surface area contributed by atoms with E-state index >= 15 is 0 Å². The van der Waals surface area contributed by atoms with E-state index in [0.717, 1.165) is 31.8 Å². The van der Waals surface area contributed by atoms with E-state index in [1.807, 2.05) is 7.05 Å². The zero-order valence-corrected chi connectivity index (χ0v) is 16.2. The fourth-order valence-electron chi connectivity index (χ4n) is 4.36. The largest absolute Gasteiger partial charge is 0.298 e. The van der Waals surface area contributed by atoms with Crippen LogP contribution in [0.15, 0.2) is 23.0 Å². The summed E-state index contributed by atoms with van der Waals surface area (Å²) in [5, 5.41) is 0.583. The zero-order valence-electron chi connectivity index (χ0n) is 16.2. The quantitative estimate of drug-likeness (QED) is 0.770. The van der Waals surface area contributed by atoms with E-state index in [4.69, 9.17) is 11.6 Å². The van der Waals surface area contributed by atoms with Gasteiger partial charge in [-0.1, -0.05) is 39.3 Å². The third-order valence-electron chi connectivity index (χ3n) is 5.42. The van der Waals surface area contributed by atoms with Gasteiger partial charge in [0.05, 0.1) is 23.5 Å². The van der Waals surface area contributed by atoms with Crippen LogP contribution in [0.3, 0.4) is 0 Å². The molecular weight excluding hydrogens is 324 g/mol. The Balaban J connectivity index is 2.11. The highest BCUT2D eigenvalue weighted by Gasteiger charge is 2.30. The molecule has 0 saturated carbocycles. The van der Waals surface area contributed by atoms with Crippen molar-refractivity contribution in [3.63, 3.8) is 0 Å². The molecule has 1 aromatic heterocycles. The van der Waals surface area contributed by atoms with Crippen LogP contribution in [-0.4, -0.2) is 27.5 Å². The molecule has 1 fully saturated rings. The number of aromatic nitrogens is 2. The van der Waals surface area contributed by atoms with Gasteiger partial charge in [0.2, 0.25) is 0 Å². The van der Waals surface area contributed by atoms with Crippen molar-refractivity contribution in [2.24, 2.45) is 18.9 Å². The summed E-state index contributed by atoms with van der Waals surface area (Å²) in [5.41, 5.74) is 1.13. The average Bonchev–Trinajstić information content (AvgIpc) is 2.61. The minimum Gasteiger partial charge on any atom is -0.298 e. The SMILES string of the molecule is [C-]#[N+]c1ccc2c(=O)n(C)c(C(CCC)N3C[C@H](C)C[C@H](C)C3)nc2c1. The van der Waals surface area contributed by atoms with E-state index in [1.54, 1.807) is 22.8 Å². The van der Waals surface area contributed by atoms with Gasteiger partial charge in [0.15, 0.2) is 5.69 Å². The number of fused-ring (bicyclic) bond motifs is 1. The van der Waals surface area contributed by atoms with Crippen molar-refractivity contribution < 1.29 is 0 Å². The molecule has 1 aliphatic heterocycles. The first-order chi connectivity index (χ1) is 12.4. The first kappa shape index (κ1) is 18.6. The molecule has 0 N–H and O–H groups in total. The van der Waals surface area contributed by atoms with Gasteiger partial charge in [0, 0.05) is 20.1 Å². The van der Waals surface area contributed by atoms with Crippen molar-refractivity contribution in [1.29, 1.82) is 0 Å². The van der Waals surface area contributed by atoms with Crippen LogP contribution in [-0.2, 0) is 7.05 Å². The summed E-state index contributed by atoms with van der Waals surface area (Å²) in [4.78, 5) is 23.8. The number of benzene rings is 1. The number of hydrogen-bond acceptors (Lipinski definition) is 3. The van der Waals surface area contributed by atoms with Gasteiger partial charge in [-0.2, -0.15) is 0 Å². The Kier molecular flexibility index (Phi) is 5.43. The maximum absolute atomic E-state index is 12.9. The third-order valence-corrected chi connectivity index (χ3v) is 5.42. The minimum atomic E-state index is -0.0271. The Labute approximate surface area is 155 Å². The van der Waals surface area contributed by atoms with Crippen molar-refractivity contribution in [3.8, 4) is 0 Å². The Bertz CT molecular complexity index is 885. The summed E-state index contributed by atoms with van der Waals surface area (Å²) in [6, 6.07) is 5.29. The molecule has 0 spiro atoms. The second-order valence-electron chi connectivity index (χ2n) is 7.85. The molecular formula is C21H28N4O. The second-order valence-corrected chi connectivity index (χ2v) is 7.85. The fourth-order valence-corrected chi connectivity index (χ4v) is 4.36. The summed E-state index contributed by atoms with van der Waals surface area (Å²) in [5.74, 6) is 2.14. The molecule has 1 aromatic carbocycles. The highest BCUT2D eigenvalue weighted by molar-refractivity contribution is 5.81. The van der Waals surface area contributed by atoms with E-state index in [-0.39, 0.29) is 11.6 Å². The lowest BCUT2D eigenvalue weighted by Crippen LogP contribution is -2.43. The number of hydrogen-bond donors (Lipinski definition) is 0. The first-order valence-corrected chi connectivity index (χ1v) is 9.56. The molecule has 3 rings (SSSR count). The summed E-state index contributed by atoms with van der Waals surface area (Å²) < 4.78 is 1.71. The van der Waals surface area contributed by atoms with Gasteiger partial charge in [0.1, 0.15) is 5.82 Å². The lowest BCUT2D eigenvalue weighted by atomic mass is 9.90. The van der Waals surface area contributed by atoms with Gasteiger partial charge in [-0.25, -0.2) is 9.83 Å². The predicted molar refractivity (Wildman–Crippen MR) is 105 cm³/mol. The van der Waals surface area contributed by atoms with E-state index in [0.29, 0.717) is 28.4 Å². The molecule has 0 radical (unpaired) electrons. The summed E-state index contributed by atoms with van der Waals surface area (Å²) in [6.45, 7) is 16.1. The molecule has 5 heteroatoms. The molecule has 138 valence electrons. The lowest BCUT2D eigenvalue weighted by molar-refractivity contribution is 0.0841. The van der Waals surface area contributed by atoms with Gasteiger partial charge >= 0.3 is 0 Å². The summed E-state index contributed by atoms with van der Waals surface area (Å²) in [7, 11) is 1.83. The first-order valence-electron chi connectivity index (χ1n) is 9.56. The predicted octanol–water partition coefficient (Wildman–Crippen LogP) is 4.30. The smallest absolute Gasteiger partial charge is 0.261 e. The Morgan fingerprint density at radius 2 is 2.00 bits per heavy atom. The molecule has 3 atom stereocenters. The van der Waals surface area contributed by atoms with Crippen molar-refractivity contribution in [2.75, 3.05) is 13.1 Å². The Morgan fingerprint density at radius 3 is 2.62 bits per heavy atom. The molecule has 26 heavy (non-hydrogen) atoms. The molecule has 2 heterocycles. The van der Waals surface area contributed by atoms with Crippen molar-refractivity contribution in [2.45, 2.75) is 46.1 Å². The normalized spacial score (nSPS) is 22.3. The van der Waals surface area contributed by atoms with Crippen molar-refractivity contribution in [1.82, 2.24) is 14.5 Å². The second kappa shape index (κ2) is 7.59. The van der Waals surface area contributed by atoms with Crippen molar-refractivity contribution >= 4 is 16.6 Å². The van der Waals surface area contributed by atoms with Crippen molar-refractivity contribution in [3.05, 3.63) is 45.8 Å². The topological polar surface area (TPSA) is 42.5 Å². The van der Waals surface area contributed by atoms with Crippen LogP contribution in [0, 0.1) is 18.4 Å².